The molecule has 2 aromatic rings. The smallest absolute Gasteiger partial charge is 0.252 e. The number of nitrogens with one attached hydrogen (secondary N) is 2. The quantitative estimate of drug-likeness (QED) is 0.803. The molecular weight excluding hydrogens is 362 g/mol. The summed E-state index contributed by atoms with van der Waals surface area (Å²) in [5.41, 5.74) is 1.42. The third-order valence-corrected chi connectivity index (χ3v) is 5.35. The molecule has 142 valence electrons. The molecule has 7 heteroatoms. The van der Waals surface area contributed by atoms with Crippen LogP contribution in [-0.4, -0.2) is 42.3 Å². The maximum absolute atomic E-state index is 12.3. The average molecular weight is 385 g/mol. The van der Waals surface area contributed by atoms with Crippen molar-refractivity contribution >= 4 is 34.7 Å². The zero-order chi connectivity index (χ0) is 19.1. The van der Waals surface area contributed by atoms with Crippen molar-refractivity contribution in [3.63, 3.8) is 0 Å². The van der Waals surface area contributed by atoms with Gasteiger partial charge in [0.25, 0.3) is 5.91 Å². The van der Waals surface area contributed by atoms with E-state index < -0.39 is 0 Å². The van der Waals surface area contributed by atoms with Crippen LogP contribution in [0, 0.1) is 5.92 Å². The number of piperidine rings is 1. The zero-order valence-corrected chi connectivity index (χ0v) is 15.8. The standard InChI is InChI=1S/C20H23N3O3S/c24-18(6-10-21-19(25)16-9-13-27-14-16)23-11-7-15(8-12-23)20(26)22-17-4-2-1-3-5-17/h1-5,9,13-15H,6-8,10-12H2,(H,21,25)(H,22,26). The van der Waals surface area contributed by atoms with Crippen molar-refractivity contribution < 1.29 is 14.4 Å². The highest BCUT2D eigenvalue weighted by molar-refractivity contribution is 7.08. The number of hydrogen-bond acceptors (Lipinski definition) is 4. The van der Waals surface area contributed by atoms with Crippen molar-refractivity contribution in [1.82, 2.24) is 10.2 Å². The maximum Gasteiger partial charge on any atom is 0.252 e. The number of rotatable bonds is 6. The third kappa shape index (κ3) is 5.40. The predicted molar refractivity (Wildman–Crippen MR) is 106 cm³/mol. The van der Waals surface area contributed by atoms with Gasteiger partial charge in [0.1, 0.15) is 0 Å². The van der Waals surface area contributed by atoms with Crippen LogP contribution >= 0.6 is 11.3 Å². The number of amides is 3. The van der Waals surface area contributed by atoms with Crippen molar-refractivity contribution in [2.75, 3.05) is 25.0 Å². The molecule has 0 radical (unpaired) electrons. The molecule has 1 aromatic heterocycles. The third-order valence-electron chi connectivity index (χ3n) is 4.67. The number of para-hydroxylation sites is 1. The van der Waals surface area contributed by atoms with Crippen molar-refractivity contribution in [2.45, 2.75) is 19.3 Å². The largest absolute Gasteiger partial charge is 0.351 e. The van der Waals surface area contributed by atoms with E-state index in [0.717, 1.165) is 5.69 Å². The van der Waals surface area contributed by atoms with Crippen LogP contribution in [0.15, 0.2) is 47.2 Å². The van der Waals surface area contributed by atoms with Gasteiger partial charge in [0, 0.05) is 48.6 Å². The van der Waals surface area contributed by atoms with Gasteiger partial charge < -0.3 is 15.5 Å². The van der Waals surface area contributed by atoms with Crippen LogP contribution in [0.2, 0.25) is 0 Å². The Morgan fingerprint density at radius 1 is 1.07 bits per heavy atom. The van der Waals surface area contributed by atoms with Gasteiger partial charge in [-0.2, -0.15) is 11.3 Å². The molecule has 6 nitrogen and oxygen atoms in total. The summed E-state index contributed by atoms with van der Waals surface area (Å²) in [5.74, 6) is -0.202. The Morgan fingerprint density at radius 2 is 1.81 bits per heavy atom. The van der Waals surface area contributed by atoms with Gasteiger partial charge >= 0.3 is 0 Å². The molecular formula is C20H23N3O3S. The van der Waals surface area contributed by atoms with Crippen LogP contribution in [0.1, 0.15) is 29.6 Å². The lowest BCUT2D eigenvalue weighted by molar-refractivity contribution is -0.134. The summed E-state index contributed by atoms with van der Waals surface area (Å²) in [4.78, 5) is 38.3. The van der Waals surface area contributed by atoms with E-state index in [-0.39, 0.29) is 30.1 Å². The van der Waals surface area contributed by atoms with E-state index in [0.29, 0.717) is 38.0 Å². The van der Waals surface area contributed by atoms with Crippen LogP contribution in [-0.2, 0) is 9.59 Å². The Bertz CT molecular complexity index is 769. The first-order valence-corrected chi connectivity index (χ1v) is 10.0. The van der Waals surface area contributed by atoms with Crippen molar-refractivity contribution in [3.05, 3.63) is 52.7 Å². The molecule has 27 heavy (non-hydrogen) atoms. The second-order valence-electron chi connectivity index (χ2n) is 6.53. The van der Waals surface area contributed by atoms with Crippen molar-refractivity contribution in [2.24, 2.45) is 5.92 Å². The Balaban J connectivity index is 1.37. The van der Waals surface area contributed by atoms with Gasteiger partial charge in [-0.1, -0.05) is 18.2 Å². The number of hydrogen-bond donors (Lipinski definition) is 2. The minimum absolute atomic E-state index is 0.0105. The second-order valence-corrected chi connectivity index (χ2v) is 7.31. The molecule has 1 fully saturated rings. The van der Waals surface area contributed by atoms with E-state index >= 15 is 0 Å². The highest BCUT2D eigenvalue weighted by atomic mass is 32.1. The molecule has 2 heterocycles. The van der Waals surface area contributed by atoms with Crippen LogP contribution < -0.4 is 10.6 Å². The summed E-state index contributed by atoms with van der Waals surface area (Å²) in [7, 11) is 0. The van der Waals surface area contributed by atoms with E-state index in [1.807, 2.05) is 35.7 Å². The summed E-state index contributed by atoms with van der Waals surface area (Å²) >= 11 is 1.46. The van der Waals surface area contributed by atoms with Gasteiger partial charge in [-0.25, -0.2) is 0 Å². The second kappa shape index (κ2) is 9.32. The van der Waals surface area contributed by atoms with Gasteiger partial charge in [0.15, 0.2) is 0 Å². The summed E-state index contributed by atoms with van der Waals surface area (Å²) in [6.07, 6.45) is 1.59. The monoisotopic (exact) mass is 385 g/mol. The molecule has 0 saturated carbocycles. The molecule has 3 rings (SSSR count). The first kappa shape index (κ1) is 19.1. The van der Waals surface area contributed by atoms with Gasteiger partial charge in [-0.05, 0) is 36.4 Å². The molecule has 1 aliphatic rings. The molecule has 0 atom stereocenters. The normalized spacial score (nSPS) is 14.6. The summed E-state index contributed by atoms with van der Waals surface area (Å²) < 4.78 is 0. The number of nitrogens with zero attached hydrogens (tertiary/aromatic N) is 1. The highest BCUT2D eigenvalue weighted by Gasteiger charge is 2.27. The zero-order valence-electron chi connectivity index (χ0n) is 15.0. The van der Waals surface area contributed by atoms with Gasteiger partial charge in [-0.3, -0.25) is 14.4 Å². The number of benzene rings is 1. The lowest BCUT2D eigenvalue weighted by Gasteiger charge is -2.31. The van der Waals surface area contributed by atoms with Gasteiger partial charge in [-0.15, -0.1) is 0 Å². The van der Waals surface area contributed by atoms with E-state index in [1.165, 1.54) is 11.3 Å². The van der Waals surface area contributed by atoms with Gasteiger partial charge in [0.2, 0.25) is 11.8 Å². The molecule has 1 aliphatic heterocycles. The molecule has 1 aromatic carbocycles. The van der Waals surface area contributed by atoms with E-state index in [9.17, 15) is 14.4 Å². The summed E-state index contributed by atoms with van der Waals surface area (Å²) in [6.45, 7) is 1.47. The number of thiophene rings is 1. The lowest BCUT2D eigenvalue weighted by Crippen LogP contribution is -2.42. The Labute approximate surface area is 162 Å². The predicted octanol–water partition coefficient (Wildman–Crippen LogP) is 2.75. The molecule has 0 bridgehead atoms. The fourth-order valence-corrected chi connectivity index (χ4v) is 3.73. The SMILES string of the molecule is O=C(NCCC(=O)N1CCC(C(=O)Nc2ccccc2)CC1)c1ccsc1. The van der Waals surface area contributed by atoms with Crippen LogP contribution in [0.25, 0.3) is 0 Å². The molecule has 3 amide bonds. The number of likely N-dealkylation sites (tertiary alicyclic amines) is 1. The summed E-state index contributed by atoms with van der Waals surface area (Å²) in [6, 6.07) is 11.2. The van der Waals surface area contributed by atoms with Crippen LogP contribution in [0.3, 0.4) is 0 Å². The van der Waals surface area contributed by atoms with Crippen molar-refractivity contribution in [3.8, 4) is 0 Å². The van der Waals surface area contributed by atoms with Crippen LogP contribution in [0.4, 0.5) is 5.69 Å². The highest BCUT2D eigenvalue weighted by Crippen LogP contribution is 2.20. The first-order chi connectivity index (χ1) is 13.1. The topological polar surface area (TPSA) is 78.5 Å². The Morgan fingerprint density at radius 3 is 2.48 bits per heavy atom. The Hall–Kier alpha value is -2.67. The fraction of sp³-hybridized carbons (Fsp3) is 0.350. The van der Waals surface area contributed by atoms with Gasteiger partial charge in [0.05, 0.1) is 0 Å². The minimum atomic E-state index is -0.152. The van der Waals surface area contributed by atoms with Crippen molar-refractivity contribution in [1.29, 1.82) is 0 Å². The van der Waals surface area contributed by atoms with E-state index in [1.54, 1.807) is 16.3 Å². The number of carbonyl (C=O) groups excluding carboxylic acids is 3. The molecule has 2 N–H and O–H groups in total. The van der Waals surface area contributed by atoms with E-state index in [2.05, 4.69) is 10.6 Å². The maximum atomic E-state index is 12.3. The molecule has 0 unspecified atom stereocenters. The minimum Gasteiger partial charge on any atom is -0.351 e. The van der Waals surface area contributed by atoms with E-state index in [4.69, 9.17) is 0 Å². The number of carbonyl (C=O) groups is 3. The molecule has 1 saturated heterocycles. The molecule has 0 spiro atoms. The molecule has 0 aliphatic carbocycles. The van der Waals surface area contributed by atoms with Crippen LogP contribution in [0.5, 0.6) is 0 Å². The Kier molecular flexibility index (Phi) is 6.59. The lowest BCUT2D eigenvalue weighted by atomic mass is 9.95. The average Bonchev–Trinajstić information content (AvgIpc) is 3.23. The summed E-state index contributed by atoms with van der Waals surface area (Å²) in [5, 5.41) is 9.32. The first-order valence-electron chi connectivity index (χ1n) is 9.07. The number of anilines is 1. The fourth-order valence-electron chi connectivity index (χ4n) is 3.09.